The predicted octanol–water partition coefficient (Wildman–Crippen LogP) is 4.65. The lowest BCUT2D eigenvalue weighted by Crippen LogP contribution is -2.10. The molecule has 0 saturated carbocycles. The summed E-state index contributed by atoms with van der Waals surface area (Å²) < 4.78 is 2.01. The van der Waals surface area contributed by atoms with Crippen molar-refractivity contribution in [1.82, 2.24) is 0 Å². The summed E-state index contributed by atoms with van der Waals surface area (Å²) in [7, 11) is 0. The molecule has 2 nitrogen and oxygen atoms in total. The van der Waals surface area contributed by atoms with Crippen LogP contribution in [0.2, 0.25) is 0 Å². The highest BCUT2D eigenvalue weighted by atomic mass is 79.9. The fourth-order valence-electron chi connectivity index (χ4n) is 1.40. The molecule has 0 spiro atoms. The van der Waals surface area contributed by atoms with Crippen molar-refractivity contribution >= 4 is 49.5 Å². The molecule has 0 unspecified atom stereocenters. The number of benzene rings is 2. The van der Waals surface area contributed by atoms with Crippen LogP contribution in [0.4, 0.5) is 0 Å². The van der Waals surface area contributed by atoms with Crippen LogP contribution < -0.4 is 5.73 Å². The Kier molecular flexibility index (Phi) is 4.48. The third-order valence-corrected chi connectivity index (χ3v) is 5.32. The summed E-state index contributed by atoms with van der Waals surface area (Å²) in [4.78, 5) is 2.24. The number of rotatable bonds is 3. The zero-order valence-corrected chi connectivity index (χ0v) is 13.3. The number of nitrogens with two attached hydrogens (primary N) is 1. The average Bonchev–Trinajstić information content (AvgIpc) is 2.34. The Morgan fingerprint density at radius 1 is 1.00 bits per heavy atom. The van der Waals surface area contributed by atoms with Crippen molar-refractivity contribution in [3.63, 3.8) is 0 Å². The van der Waals surface area contributed by atoms with E-state index in [9.17, 15) is 0 Å². The molecular formula is C13H10Br2N2S. The molecule has 0 amide bonds. The first-order chi connectivity index (χ1) is 8.58. The lowest BCUT2D eigenvalue weighted by Gasteiger charge is -2.07. The van der Waals surface area contributed by atoms with Gasteiger partial charge in [0, 0.05) is 24.3 Å². The van der Waals surface area contributed by atoms with Gasteiger partial charge in [-0.15, -0.1) is 0 Å². The summed E-state index contributed by atoms with van der Waals surface area (Å²) in [6.45, 7) is 0. The van der Waals surface area contributed by atoms with Crippen LogP contribution in [0.1, 0.15) is 5.56 Å². The van der Waals surface area contributed by atoms with E-state index < -0.39 is 0 Å². The van der Waals surface area contributed by atoms with E-state index in [0.717, 1.165) is 24.3 Å². The first kappa shape index (κ1) is 13.6. The van der Waals surface area contributed by atoms with Crippen LogP contribution in [0.3, 0.4) is 0 Å². The lowest BCUT2D eigenvalue weighted by atomic mass is 10.2. The summed E-state index contributed by atoms with van der Waals surface area (Å²) in [5, 5.41) is 7.40. The standard InChI is InChI=1S/C13H10Br2N2S/c14-9-3-1-2-4-11(9)18-12-6-5-8(13(16)17)7-10(12)15/h1-7H,(H3,16,17). The molecule has 0 atom stereocenters. The largest absolute Gasteiger partial charge is 0.384 e. The summed E-state index contributed by atoms with van der Waals surface area (Å²) in [6, 6.07) is 13.7. The second kappa shape index (κ2) is 5.91. The second-order valence-electron chi connectivity index (χ2n) is 3.59. The molecule has 0 aliphatic heterocycles. The Labute approximate surface area is 127 Å². The SMILES string of the molecule is N=C(N)c1ccc(Sc2ccccc2Br)c(Br)c1. The van der Waals surface area contributed by atoms with Crippen LogP contribution in [-0.4, -0.2) is 5.84 Å². The van der Waals surface area contributed by atoms with Gasteiger partial charge in [0.1, 0.15) is 5.84 Å². The van der Waals surface area contributed by atoms with E-state index >= 15 is 0 Å². The fraction of sp³-hybridized carbons (Fsp3) is 0. The first-order valence-electron chi connectivity index (χ1n) is 5.14. The number of nitrogens with one attached hydrogen (secondary N) is 1. The molecule has 92 valence electrons. The van der Waals surface area contributed by atoms with E-state index in [1.165, 1.54) is 0 Å². The summed E-state index contributed by atoms with van der Waals surface area (Å²) in [6.07, 6.45) is 0. The van der Waals surface area contributed by atoms with E-state index in [0.29, 0.717) is 0 Å². The average molecular weight is 386 g/mol. The third kappa shape index (κ3) is 3.16. The van der Waals surface area contributed by atoms with Crippen LogP contribution in [-0.2, 0) is 0 Å². The maximum atomic E-state index is 7.40. The van der Waals surface area contributed by atoms with Gasteiger partial charge in [0.25, 0.3) is 0 Å². The van der Waals surface area contributed by atoms with Crippen LogP contribution in [0, 0.1) is 5.41 Å². The molecule has 2 aromatic carbocycles. The monoisotopic (exact) mass is 384 g/mol. The molecule has 0 aliphatic carbocycles. The van der Waals surface area contributed by atoms with Crippen molar-refractivity contribution in [1.29, 1.82) is 5.41 Å². The molecule has 0 radical (unpaired) electrons. The van der Waals surface area contributed by atoms with Crippen molar-refractivity contribution in [3.05, 3.63) is 57.0 Å². The van der Waals surface area contributed by atoms with Gasteiger partial charge < -0.3 is 5.73 Å². The predicted molar refractivity (Wildman–Crippen MR) is 83.4 cm³/mol. The number of hydrogen-bond donors (Lipinski definition) is 2. The van der Waals surface area contributed by atoms with Gasteiger partial charge in [0.2, 0.25) is 0 Å². The topological polar surface area (TPSA) is 49.9 Å². The van der Waals surface area contributed by atoms with Gasteiger partial charge in [-0.2, -0.15) is 0 Å². The number of amidine groups is 1. The smallest absolute Gasteiger partial charge is 0.122 e. The molecule has 0 saturated heterocycles. The van der Waals surface area contributed by atoms with Gasteiger partial charge in [-0.05, 0) is 56.1 Å². The normalized spacial score (nSPS) is 10.3. The van der Waals surface area contributed by atoms with Crippen LogP contribution in [0.15, 0.2) is 61.2 Å². The van der Waals surface area contributed by atoms with Crippen LogP contribution in [0.5, 0.6) is 0 Å². The van der Waals surface area contributed by atoms with E-state index in [2.05, 4.69) is 37.9 Å². The number of nitrogen functional groups attached to an aromatic ring is 1. The van der Waals surface area contributed by atoms with Gasteiger partial charge in [0.05, 0.1) is 0 Å². The van der Waals surface area contributed by atoms with E-state index in [4.69, 9.17) is 11.1 Å². The number of hydrogen-bond acceptors (Lipinski definition) is 2. The molecule has 3 N–H and O–H groups in total. The minimum Gasteiger partial charge on any atom is -0.384 e. The highest BCUT2D eigenvalue weighted by molar-refractivity contribution is 9.11. The molecule has 0 aromatic heterocycles. The van der Waals surface area contributed by atoms with Crippen molar-refractivity contribution < 1.29 is 0 Å². The Hall–Kier alpha value is -0.780. The number of halogens is 2. The van der Waals surface area contributed by atoms with E-state index in [-0.39, 0.29) is 5.84 Å². The summed E-state index contributed by atoms with van der Waals surface area (Å²) in [5.74, 6) is 0.0770. The fourth-order valence-corrected chi connectivity index (χ4v) is 3.39. The van der Waals surface area contributed by atoms with Gasteiger partial charge in [-0.1, -0.05) is 30.0 Å². The van der Waals surface area contributed by atoms with Gasteiger partial charge in [0.15, 0.2) is 0 Å². The molecule has 0 fully saturated rings. The lowest BCUT2D eigenvalue weighted by molar-refractivity contribution is 1.33. The van der Waals surface area contributed by atoms with Crippen molar-refractivity contribution in [2.24, 2.45) is 5.73 Å². The Balaban J connectivity index is 2.30. The summed E-state index contributed by atoms with van der Waals surface area (Å²) in [5.41, 5.74) is 6.18. The third-order valence-electron chi connectivity index (χ3n) is 2.30. The van der Waals surface area contributed by atoms with Gasteiger partial charge in [-0.3, -0.25) is 5.41 Å². The molecule has 18 heavy (non-hydrogen) atoms. The Morgan fingerprint density at radius 2 is 1.67 bits per heavy atom. The van der Waals surface area contributed by atoms with Crippen LogP contribution in [0.25, 0.3) is 0 Å². The second-order valence-corrected chi connectivity index (χ2v) is 6.38. The highest BCUT2D eigenvalue weighted by Gasteiger charge is 2.07. The molecule has 2 rings (SSSR count). The molecule has 2 aromatic rings. The molecular weight excluding hydrogens is 376 g/mol. The van der Waals surface area contributed by atoms with Gasteiger partial charge >= 0.3 is 0 Å². The Bertz CT molecular complexity index is 599. The molecule has 5 heteroatoms. The minimum atomic E-state index is 0.0770. The zero-order chi connectivity index (χ0) is 13.1. The van der Waals surface area contributed by atoms with Crippen molar-refractivity contribution in [3.8, 4) is 0 Å². The van der Waals surface area contributed by atoms with E-state index in [1.54, 1.807) is 11.8 Å². The maximum absolute atomic E-state index is 7.40. The Morgan fingerprint density at radius 3 is 2.28 bits per heavy atom. The molecule has 0 bridgehead atoms. The van der Waals surface area contributed by atoms with Gasteiger partial charge in [-0.25, -0.2) is 0 Å². The molecule has 0 aliphatic rings. The first-order valence-corrected chi connectivity index (χ1v) is 7.54. The van der Waals surface area contributed by atoms with E-state index in [1.807, 2.05) is 36.4 Å². The minimum absolute atomic E-state index is 0.0770. The van der Waals surface area contributed by atoms with Crippen LogP contribution >= 0.6 is 43.6 Å². The quantitative estimate of drug-likeness (QED) is 0.596. The maximum Gasteiger partial charge on any atom is 0.122 e. The van der Waals surface area contributed by atoms with Crippen molar-refractivity contribution in [2.75, 3.05) is 0 Å². The molecule has 0 heterocycles. The zero-order valence-electron chi connectivity index (χ0n) is 9.28. The highest BCUT2D eigenvalue weighted by Crippen LogP contribution is 2.37. The van der Waals surface area contributed by atoms with Crippen molar-refractivity contribution in [2.45, 2.75) is 9.79 Å². The summed E-state index contributed by atoms with van der Waals surface area (Å²) >= 11 is 8.69.